The van der Waals surface area contributed by atoms with E-state index in [1.165, 1.54) is 17.4 Å². The molecule has 0 saturated carbocycles. The Balaban J connectivity index is 1.55. The van der Waals surface area contributed by atoms with Gasteiger partial charge in [0.2, 0.25) is 5.75 Å². The van der Waals surface area contributed by atoms with E-state index in [1.54, 1.807) is 41.8 Å². The predicted octanol–water partition coefficient (Wildman–Crippen LogP) is 6.31. The Kier molecular flexibility index (Phi) is 9.75. The summed E-state index contributed by atoms with van der Waals surface area (Å²) in [6, 6.07) is 16.8. The molecule has 1 aliphatic heterocycles. The van der Waals surface area contributed by atoms with Crippen LogP contribution < -0.4 is 19.6 Å². The molecule has 13 heteroatoms. The summed E-state index contributed by atoms with van der Waals surface area (Å²) < 4.78 is 13.1. The van der Waals surface area contributed by atoms with Crippen molar-refractivity contribution in [2.45, 2.75) is 52.5 Å². The summed E-state index contributed by atoms with van der Waals surface area (Å²) in [5, 5.41) is 22.5. The summed E-state index contributed by atoms with van der Waals surface area (Å²) in [5.41, 5.74) is 2.23. The van der Waals surface area contributed by atoms with E-state index in [9.17, 15) is 29.8 Å². The minimum atomic E-state index is -0.748. The first-order chi connectivity index (χ1) is 22.5. The normalized spacial score (nSPS) is 14.5. The quantitative estimate of drug-likeness (QED) is 0.103. The van der Waals surface area contributed by atoms with E-state index in [2.05, 4.69) is 13.8 Å². The average molecular weight is 657 g/mol. The van der Waals surface area contributed by atoms with Crippen molar-refractivity contribution in [3.8, 4) is 11.5 Å². The van der Waals surface area contributed by atoms with Crippen molar-refractivity contribution in [1.82, 2.24) is 4.57 Å². The Bertz CT molecular complexity index is 2060. The van der Waals surface area contributed by atoms with Crippen molar-refractivity contribution in [3.63, 3.8) is 0 Å². The minimum Gasteiger partial charge on any atom is -0.463 e. The Morgan fingerprint density at radius 1 is 1.02 bits per heavy atom. The van der Waals surface area contributed by atoms with Crippen molar-refractivity contribution < 1.29 is 24.1 Å². The van der Waals surface area contributed by atoms with Crippen LogP contribution in [0.3, 0.4) is 0 Å². The Morgan fingerprint density at radius 2 is 1.72 bits per heavy atom. The molecule has 5 rings (SSSR count). The van der Waals surface area contributed by atoms with Crippen LogP contribution in [0.1, 0.15) is 69.2 Å². The molecule has 1 atom stereocenters. The molecule has 242 valence electrons. The third-order valence-electron chi connectivity index (χ3n) is 7.57. The topological polar surface area (TPSA) is 156 Å². The Hall–Kier alpha value is -5.43. The van der Waals surface area contributed by atoms with Crippen LogP contribution in [0.25, 0.3) is 6.08 Å². The number of carbonyl (C=O) groups excluding carboxylic acids is 1. The van der Waals surface area contributed by atoms with Crippen LogP contribution in [0.2, 0.25) is 0 Å². The standard InChI is InChI=1S/C34H32N4O8S/c1-5-7-26-30(33(40)45-6-2)31(23-12-10-22(11-13-23)20(3)4)36-32(39)29(47-34(36)35-26)18-21-8-15-25(16-9-21)46-28-17-14-24(37(41)42)19-27(28)38(43)44/h8-20,31H,5-7H2,1-4H3/b29-18-/t31-/m0/s1. The molecule has 0 unspecified atom stereocenters. The van der Waals surface area contributed by atoms with Gasteiger partial charge in [0.15, 0.2) is 4.80 Å². The van der Waals surface area contributed by atoms with Crippen molar-refractivity contribution in [3.05, 3.63) is 135 Å². The molecule has 1 aliphatic rings. The van der Waals surface area contributed by atoms with Gasteiger partial charge in [-0.1, -0.05) is 74.9 Å². The van der Waals surface area contributed by atoms with Gasteiger partial charge in [-0.2, -0.15) is 0 Å². The Morgan fingerprint density at radius 3 is 2.32 bits per heavy atom. The lowest BCUT2D eigenvalue weighted by Gasteiger charge is -2.26. The number of nitro groups is 2. The fourth-order valence-corrected chi connectivity index (χ4v) is 6.28. The molecule has 0 N–H and O–H groups in total. The first kappa shape index (κ1) is 32.9. The van der Waals surface area contributed by atoms with Gasteiger partial charge in [-0.15, -0.1) is 0 Å². The van der Waals surface area contributed by atoms with Crippen LogP contribution >= 0.6 is 11.3 Å². The molecular formula is C34H32N4O8S. The number of esters is 1. The number of allylic oxidation sites excluding steroid dienone is 1. The van der Waals surface area contributed by atoms with Crippen molar-refractivity contribution in [2.75, 3.05) is 6.61 Å². The molecule has 3 aromatic carbocycles. The van der Waals surface area contributed by atoms with E-state index < -0.39 is 33.2 Å². The zero-order chi connectivity index (χ0) is 33.8. The molecule has 4 aromatic rings. The predicted molar refractivity (Wildman–Crippen MR) is 176 cm³/mol. The lowest BCUT2D eigenvalue weighted by molar-refractivity contribution is -0.394. The Labute approximate surface area is 273 Å². The van der Waals surface area contributed by atoms with Gasteiger partial charge in [0, 0.05) is 6.07 Å². The van der Waals surface area contributed by atoms with Gasteiger partial charge in [-0.25, -0.2) is 9.79 Å². The maximum absolute atomic E-state index is 14.0. The summed E-state index contributed by atoms with van der Waals surface area (Å²) in [5.74, 6) is -0.0874. The molecule has 47 heavy (non-hydrogen) atoms. The van der Waals surface area contributed by atoms with Crippen LogP contribution in [-0.4, -0.2) is 27.0 Å². The van der Waals surface area contributed by atoms with Crippen LogP contribution in [0.5, 0.6) is 11.5 Å². The number of carbonyl (C=O) groups is 1. The summed E-state index contributed by atoms with van der Waals surface area (Å²) in [6.07, 6.45) is 2.98. The monoisotopic (exact) mass is 656 g/mol. The van der Waals surface area contributed by atoms with Gasteiger partial charge in [-0.05, 0) is 60.2 Å². The molecular weight excluding hydrogens is 624 g/mol. The molecule has 1 aromatic heterocycles. The minimum absolute atomic E-state index is 0.150. The maximum Gasteiger partial charge on any atom is 0.338 e. The number of nitro benzene ring substituents is 2. The second-order valence-corrected chi connectivity index (χ2v) is 12.1. The number of ether oxygens (including phenoxy) is 2. The van der Waals surface area contributed by atoms with Gasteiger partial charge >= 0.3 is 11.7 Å². The number of hydrogen-bond donors (Lipinski definition) is 0. The number of thiazole rings is 1. The first-order valence-electron chi connectivity index (χ1n) is 15.0. The molecule has 0 saturated heterocycles. The van der Waals surface area contributed by atoms with Crippen LogP contribution in [0, 0.1) is 20.2 Å². The summed E-state index contributed by atoms with van der Waals surface area (Å²) in [4.78, 5) is 53.7. The highest BCUT2D eigenvalue weighted by molar-refractivity contribution is 7.07. The molecule has 2 heterocycles. The molecule has 0 bridgehead atoms. The SMILES string of the molecule is CCCC1=C(C(=O)OCC)[C@H](c2ccc(C(C)C)cc2)n2c(s/c(=C\c3ccc(Oc4ccc([N+](=O)[O-])cc4[N+](=O)[O-])cc3)c2=O)=N1. The van der Waals surface area contributed by atoms with Crippen molar-refractivity contribution in [2.24, 2.45) is 4.99 Å². The number of fused-ring (bicyclic) bond motifs is 1. The van der Waals surface area contributed by atoms with E-state index in [0.29, 0.717) is 38.5 Å². The highest BCUT2D eigenvalue weighted by Gasteiger charge is 2.34. The summed E-state index contributed by atoms with van der Waals surface area (Å²) >= 11 is 1.22. The van der Waals surface area contributed by atoms with Gasteiger partial charge < -0.3 is 9.47 Å². The van der Waals surface area contributed by atoms with Gasteiger partial charge in [0.1, 0.15) is 5.75 Å². The van der Waals surface area contributed by atoms with E-state index in [4.69, 9.17) is 14.5 Å². The molecule has 12 nitrogen and oxygen atoms in total. The maximum atomic E-state index is 14.0. The number of non-ortho nitro benzene ring substituents is 1. The van der Waals surface area contributed by atoms with E-state index in [0.717, 1.165) is 29.7 Å². The summed E-state index contributed by atoms with van der Waals surface area (Å²) in [6.45, 7) is 8.12. The molecule has 0 fully saturated rings. The number of hydrogen-bond acceptors (Lipinski definition) is 10. The largest absolute Gasteiger partial charge is 0.463 e. The number of rotatable bonds is 11. The van der Waals surface area contributed by atoms with Gasteiger partial charge in [0.05, 0.1) is 44.4 Å². The zero-order valence-corrected chi connectivity index (χ0v) is 27.0. The molecule has 0 aliphatic carbocycles. The molecule has 0 spiro atoms. The van der Waals surface area contributed by atoms with E-state index in [-0.39, 0.29) is 23.7 Å². The number of aromatic nitrogens is 1. The third kappa shape index (κ3) is 6.89. The highest BCUT2D eigenvalue weighted by atomic mass is 32.1. The second-order valence-electron chi connectivity index (χ2n) is 11.1. The number of nitrogens with zero attached hydrogens (tertiary/aromatic N) is 4. The lowest BCUT2D eigenvalue weighted by Crippen LogP contribution is -2.40. The average Bonchev–Trinajstić information content (AvgIpc) is 3.35. The smallest absolute Gasteiger partial charge is 0.338 e. The van der Waals surface area contributed by atoms with Crippen LogP contribution in [0.4, 0.5) is 11.4 Å². The zero-order valence-electron chi connectivity index (χ0n) is 26.2. The number of benzene rings is 3. The second kappa shape index (κ2) is 13.9. The van der Waals surface area contributed by atoms with E-state index in [1.807, 2.05) is 31.2 Å². The van der Waals surface area contributed by atoms with E-state index >= 15 is 0 Å². The van der Waals surface area contributed by atoms with Gasteiger partial charge in [0.25, 0.3) is 11.2 Å². The lowest BCUT2D eigenvalue weighted by atomic mass is 9.92. The molecule has 0 amide bonds. The van der Waals surface area contributed by atoms with Crippen LogP contribution in [-0.2, 0) is 9.53 Å². The summed E-state index contributed by atoms with van der Waals surface area (Å²) in [7, 11) is 0. The van der Waals surface area contributed by atoms with Crippen molar-refractivity contribution >= 4 is 34.8 Å². The highest BCUT2D eigenvalue weighted by Crippen LogP contribution is 2.35. The fourth-order valence-electron chi connectivity index (χ4n) is 5.26. The third-order valence-corrected chi connectivity index (χ3v) is 8.55. The fraction of sp³-hybridized carbons (Fsp3) is 0.265. The van der Waals surface area contributed by atoms with Crippen LogP contribution in [0.15, 0.2) is 87.8 Å². The van der Waals surface area contributed by atoms with Crippen molar-refractivity contribution in [1.29, 1.82) is 0 Å². The van der Waals surface area contributed by atoms with Gasteiger partial charge in [-0.3, -0.25) is 29.6 Å². The molecule has 0 radical (unpaired) electrons. The first-order valence-corrected chi connectivity index (χ1v) is 15.9.